The van der Waals surface area contributed by atoms with Crippen LogP contribution < -0.4 is 0 Å². The molecule has 0 saturated carbocycles. The van der Waals surface area contributed by atoms with E-state index in [1.54, 1.807) is 4.90 Å². The van der Waals surface area contributed by atoms with Gasteiger partial charge in [-0.25, -0.2) is 9.59 Å². The van der Waals surface area contributed by atoms with Gasteiger partial charge in [-0.15, -0.1) is 0 Å². The van der Waals surface area contributed by atoms with Crippen molar-refractivity contribution in [3.05, 3.63) is 0 Å². The van der Waals surface area contributed by atoms with E-state index in [2.05, 4.69) is 13.8 Å². The Balaban J connectivity index is 2.03. The topological polar surface area (TPSA) is 60.9 Å². The normalized spacial score (nSPS) is 32.2. The number of hydrogen-bond acceptors (Lipinski definition) is 2. The molecule has 5 nitrogen and oxygen atoms in total. The highest BCUT2D eigenvalue weighted by atomic mass is 16.4. The molecule has 2 rings (SSSR count). The number of piperidine rings is 2. The molecule has 1 N–H and O–H groups in total. The van der Waals surface area contributed by atoms with Crippen molar-refractivity contribution in [3.63, 3.8) is 0 Å². The minimum absolute atomic E-state index is 0.0779. The highest BCUT2D eigenvalue weighted by Crippen LogP contribution is 2.25. The molecule has 5 heteroatoms. The fourth-order valence-corrected chi connectivity index (χ4v) is 3.04. The van der Waals surface area contributed by atoms with E-state index in [1.165, 1.54) is 0 Å². The molecule has 3 unspecified atom stereocenters. The van der Waals surface area contributed by atoms with Gasteiger partial charge < -0.3 is 14.9 Å². The molecule has 0 aliphatic carbocycles. The van der Waals surface area contributed by atoms with Gasteiger partial charge in [-0.2, -0.15) is 0 Å². The van der Waals surface area contributed by atoms with Gasteiger partial charge in [-0.1, -0.05) is 13.8 Å². The molecular formula is C14H24N2O3. The van der Waals surface area contributed by atoms with E-state index >= 15 is 0 Å². The lowest BCUT2D eigenvalue weighted by atomic mass is 9.89. The zero-order valence-corrected chi connectivity index (χ0v) is 11.8. The molecule has 2 aliphatic rings. The Bertz CT molecular complexity index is 359. The summed E-state index contributed by atoms with van der Waals surface area (Å²) in [7, 11) is 0. The van der Waals surface area contributed by atoms with Crippen molar-refractivity contribution < 1.29 is 14.7 Å². The fourth-order valence-electron chi connectivity index (χ4n) is 3.04. The van der Waals surface area contributed by atoms with Gasteiger partial charge in [0.1, 0.15) is 6.04 Å². The van der Waals surface area contributed by atoms with Crippen LogP contribution in [0.1, 0.15) is 39.5 Å². The zero-order chi connectivity index (χ0) is 14.0. The summed E-state index contributed by atoms with van der Waals surface area (Å²) in [5.41, 5.74) is 0. The van der Waals surface area contributed by atoms with Crippen molar-refractivity contribution in [2.45, 2.75) is 45.6 Å². The summed E-state index contributed by atoms with van der Waals surface area (Å²) >= 11 is 0. The van der Waals surface area contributed by atoms with Gasteiger partial charge in [0.15, 0.2) is 0 Å². The monoisotopic (exact) mass is 268 g/mol. The molecule has 2 aliphatic heterocycles. The molecule has 2 heterocycles. The first-order chi connectivity index (χ1) is 9.00. The van der Waals surface area contributed by atoms with Crippen molar-refractivity contribution in [2.24, 2.45) is 11.8 Å². The Hall–Kier alpha value is -1.26. The van der Waals surface area contributed by atoms with Gasteiger partial charge in [0.05, 0.1) is 0 Å². The largest absolute Gasteiger partial charge is 0.480 e. The number of urea groups is 1. The number of carboxylic acid groups (broad SMARTS) is 1. The van der Waals surface area contributed by atoms with E-state index in [1.807, 2.05) is 4.90 Å². The van der Waals surface area contributed by atoms with Crippen LogP contribution in [0.4, 0.5) is 4.79 Å². The lowest BCUT2D eigenvalue weighted by molar-refractivity contribution is -0.143. The van der Waals surface area contributed by atoms with Crippen molar-refractivity contribution in [1.82, 2.24) is 9.80 Å². The average Bonchev–Trinajstić information content (AvgIpc) is 2.41. The number of nitrogens with zero attached hydrogens (tertiary/aromatic N) is 2. The van der Waals surface area contributed by atoms with Gasteiger partial charge in [-0.3, -0.25) is 0 Å². The predicted molar refractivity (Wildman–Crippen MR) is 71.9 cm³/mol. The van der Waals surface area contributed by atoms with E-state index in [-0.39, 0.29) is 6.03 Å². The molecule has 108 valence electrons. The Morgan fingerprint density at radius 2 is 1.79 bits per heavy atom. The maximum atomic E-state index is 12.5. The summed E-state index contributed by atoms with van der Waals surface area (Å²) in [6.45, 7) is 6.47. The first kappa shape index (κ1) is 14.2. The minimum Gasteiger partial charge on any atom is -0.480 e. The smallest absolute Gasteiger partial charge is 0.326 e. The second-order valence-electron chi connectivity index (χ2n) is 6.02. The maximum absolute atomic E-state index is 12.5. The van der Waals surface area contributed by atoms with Crippen LogP contribution in [-0.4, -0.2) is 52.6 Å². The molecule has 0 aromatic heterocycles. The summed E-state index contributed by atoms with van der Waals surface area (Å²) in [5.74, 6) is 0.262. The van der Waals surface area contributed by atoms with Crippen LogP contribution in [0.3, 0.4) is 0 Å². The fraction of sp³-hybridized carbons (Fsp3) is 0.857. The lowest BCUT2D eigenvalue weighted by Gasteiger charge is -2.41. The van der Waals surface area contributed by atoms with E-state index in [4.69, 9.17) is 0 Å². The summed E-state index contributed by atoms with van der Waals surface area (Å²) < 4.78 is 0. The highest BCUT2D eigenvalue weighted by Gasteiger charge is 2.36. The molecular weight excluding hydrogens is 244 g/mol. The number of carbonyl (C=O) groups excluding carboxylic acids is 1. The quantitative estimate of drug-likeness (QED) is 0.791. The van der Waals surface area contributed by atoms with E-state index in [0.717, 1.165) is 32.4 Å². The Kier molecular flexibility index (Phi) is 4.32. The van der Waals surface area contributed by atoms with Crippen LogP contribution in [0.2, 0.25) is 0 Å². The molecule has 3 atom stereocenters. The Morgan fingerprint density at radius 3 is 2.42 bits per heavy atom. The number of carboxylic acids is 1. The predicted octanol–water partition coefficient (Wildman–Crippen LogP) is 2.02. The molecule has 0 spiro atoms. The molecule has 0 aromatic rings. The van der Waals surface area contributed by atoms with E-state index in [9.17, 15) is 14.7 Å². The zero-order valence-electron chi connectivity index (χ0n) is 11.8. The molecule has 2 saturated heterocycles. The van der Waals surface area contributed by atoms with E-state index in [0.29, 0.717) is 24.8 Å². The number of rotatable bonds is 1. The van der Waals surface area contributed by atoms with Crippen LogP contribution in [0.15, 0.2) is 0 Å². The van der Waals surface area contributed by atoms with Crippen LogP contribution in [0.25, 0.3) is 0 Å². The van der Waals surface area contributed by atoms with Crippen LogP contribution >= 0.6 is 0 Å². The maximum Gasteiger partial charge on any atom is 0.326 e. The van der Waals surface area contributed by atoms with Gasteiger partial charge in [-0.05, 0) is 37.5 Å². The van der Waals surface area contributed by atoms with Crippen molar-refractivity contribution in [3.8, 4) is 0 Å². The second kappa shape index (κ2) is 5.80. The SMILES string of the molecule is CC1CCN(C(=O)N2CCCCC2C(=O)O)CC1C. The first-order valence-electron chi connectivity index (χ1n) is 7.29. The van der Waals surface area contributed by atoms with Gasteiger partial charge in [0, 0.05) is 19.6 Å². The molecule has 0 radical (unpaired) electrons. The molecule has 2 fully saturated rings. The third-order valence-corrected chi connectivity index (χ3v) is 4.64. The average molecular weight is 268 g/mol. The lowest BCUT2D eigenvalue weighted by Crippen LogP contribution is -2.55. The van der Waals surface area contributed by atoms with Gasteiger partial charge >= 0.3 is 12.0 Å². The Labute approximate surface area is 114 Å². The number of hydrogen-bond donors (Lipinski definition) is 1. The number of amides is 2. The summed E-state index contributed by atoms with van der Waals surface area (Å²) in [5, 5.41) is 9.24. The number of carbonyl (C=O) groups is 2. The molecule has 19 heavy (non-hydrogen) atoms. The van der Waals surface area contributed by atoms with E-state index < -0.39 is 12.0 Å². The van der Waals surface area contributed by atoms with Crippen molar-refractivity contribution in [2.75, 3.05) is 19.6 Å². The first-order valence-corrected chi connectivity index (χ1v) is 7.29. The number of likely N-dealkylation sites (tertiary alicyclic amines) is 2. The number of aliphatic carboxylic acids is 1. The second-order valence-corrected chi connectivity index (χ2v) is 6.02. The summed E-state index contributed by atoms with van der Waals surface area (Å²) in [6, 6.07) is -0.707. The van der Waals surface area contributed by atoms with Crippen molar-refractivity contribution in [1.29, 1.82) is 0 Å². The minimum atomic E-state index is -0.869. The Morgan fingerprint density at radius 1 is 1.05 bits per heavy atom. The highest BCUT2D eigenvalue weighted by molar-refractivity contribution is 5.83. The standard InChI is InChI=1S/C14H24N2O3/c1-10-6-8-15(9-11(10)2)14(19)16-7-4-3-5-12(16)13(17)18/h10-12H,3-9H2,1-2H3,(H,17,18). The van der Waals surface area contributed by atoms with Gasteiger partial charge in [0.2, 0.25) is 0 Å². The summed E-state index contributed by atoms with van der Waals surface area (Å²) in [6.07, 6.45) is 3.41. The van der Waals surface area contributed by atoms with Crippen LogP contribution in [-0.2, 0) is 4.79 Å². The molecule has 2 amide bonds. The van der Waals surface area contributed by atoms with Crippen molar-refractivity contribution >= 4 is 12.0 Å². The van der Waals surface area contributed by atoms with Crippen LogP contribution in [0, 0.1) is 11.8 Å². The summed E-state index contributed by atoms with van der Waals surface area (Å²) in [4.78, 5) is 27.2. The van der Waals surface area contributed by atoms with Gasteiger partial charge in [0.25, 0.3) is 0 Å². The van der Waals surface area contributed by atoms with Crippen LogP contribution in [0.5, 0.6) is 0 Å². The third kappa shape index (κ3) is 3.01. The molecule has 0 bridgehead atoms. The molecule has 0 aromatic carbocycles. The third-order valence-electron chi connectivity index (χ3n) is 4.64.